The number of benzene rings is 1. The number of amides is 1. The van der Waals surface area contributed by atoms with E-state index in [1.807, 2.05) is 41.4 Å². The Bertz CT molecular complexity index is 1330. The topological polar surface area (TPSA) is 81.5 Å². The zero-order valence-electron chi connectivity index (χ0n) is 18.5. The first kappa shape index (κ1) is 22.4. The van der Waals surface area contributed by atoms with Gasteiger partial charge in [0.1, 0.15) is 9.84 Å². The predicted octanol–water partition coefficient (Wildman–Crippen LogP) is 3.72. The fourth-order valence-electron chi connectivity index (χ4n) is 5.18. The van der Waals surface area contributed by atoms with Gasteiger partial charge in [0.25, 0.3) is 0 Å². The van der Waals surface area contributed by atoms with E-state index in [0.717, 1.165) is 27.8 Å². The van der Waals surface area contributed by atoms with Gasteiger partial charge in [-0.05, 0) is 49.6 Å². The fourth-order valence-corrected chi connectivity index (χ4v) is 6.01. The highest BCUT2D eigenvalue weighted by Gasteiger charge is 2.51. The normalized spacial score (nSPS) is 17.8. The van der Waals surface area contributed by atoms with Gasteiger partial charge < -0.3 is 14.2 Å². The van der Waals surface area contributed by atoms with Gasteiger partial charge in [0.15, 0.2) is 0 Å². The molecule has 5 rings (SSSR count). The van der Waals surface area contributed by atoms with Crippen molar-refractivity contribution in [3.05, 3.63) is 59.0 Å². The maximum atomic E-state index is 13.8. The Balaban J connectivity index is 1.53. The highest BCUT2D eigenvalue weighted by Crippen LogP contribution is 2.47. The number of sulfone groups is 1. The van der Waals surface area contributed by atoms with Crippen molar-refractivity contribution in [3.8, 4) is 0 Å². The molecule has 0 unspecified atom stereocenters. The lowest BCUT2D eigenvalue weighted by atomic mass is 9.76. The number of aromatic nitrogens is 2. The van der Waals surface area contributed by atoms with E-state index in [1.165, 1.54) is 6.26 Å². The molecule has 1 spiro atoms. The molecule has 3 aromatic rings. The van der Waals surface area contributed by atoms with E-state index in [4.69, 9.17) is 16.3 Å². The lowest BCUT2D eigenvalue weighted by molar-refractivity contribution is -0.126. The van der Waals surface area contributed by atoms with Crippen molar-refractivity contribution in [1.82, 2.24) is 9.55 Å². The molecule has 0 bridgehead atoms. The van der Waals surface area contributed by atoms with E-state index in [0.29, 0.717) is 50.6 Å². The molecule has 2 aromatic heterocycles. The molecule has 0 saturated carbocycles. The Morgan fingerprint density at radius 1 is 1.18 bits per heavy atom. The van der Waals surface area contributed by atoms with Crippen LogP contribution in [0.25, 0.3) is 10.9 Å². The van der Waals surface area contributed by atoms with Crippen LogP contribution in [0.15, 0.2) is 42.7 Å². The van der Waals surface area contributed by atoms with E-state index < -0.39 is 15.3 Å². The Hall–Kier alpha value is -2.42. The lowest BCUT2D eigenvalue weighted by Crippen LogP contribution is -2.44. The minimum Gasteiger partial charge on any atom is -0.381 e. The maximum absolute atomic E-state index is 13.8. The second-order valence-electron chi connectivity index (χ2n) is 8.95. The van der Waals surface area contributed by atoms with E-state index in [1.54, 1.807) is 6.20 Å². The quantitative estimate of drug-likeness (QED) is 0.529. The third-order valence-corrected chi connectivity index (χ3v) is 8.04. The van der Waals surface area contributed by atoms with E-state index in [9.17, 15) is 13.2 Å². The van der Waals surface area contributed by atoms with Crippen LogP contribution < -0.4 is 4.90 Å². The van der Waals surface area contributed by atoms with Crippen LogP contribution in [0.2, 0.25) is 5.02 Å². The molecule has 33 heavy (non-hydrogen) atoms. The van der Waals surface area contributed by atoms with Gasteiger partial charge in [-0.2, -0.15) is 0 Å². The highest BCUT2D eigenvalue weighted by atomic mass is 35.5. The molecule has 9 heteroatoms. The Kier molecular flexibility index (Phi) is 5.71. The third-order valence-electron chi connectivity index (χ3n) is 6.77. The summed E-state index contributed by atoms with van der Waals surface area (Å²) in [4.78, 5) is 20.0. The number of aryl methyl sites for hydroxylation is 1. The molecule has 174 valence electrons. The molecule has 1 saturated heterocycles. The predicted molar refractivity (Wildman–Crippen MR) is 128 cm³/mol. The summed E-state index contributed by atoms with van der Waals surface area (Å²) in [6.45, 7) is 2.04. The van der Waals surface area contributed by atoms with Crippen molar-refractivity contribution in [2.75, 3.05) is 30.1 Å². The summed E-state index contributed by atoms with van der Waals surface area (Å²) in [5.74, 6) is 0.194. The first-order chi connectivity index (χ1) is 15.8. The second kappa shape index (κ2) is 8.42. The molecule has 1 fully saturated rings. The van der Waals surface area contributed by atoms with E-state index >= 15 is 0 Å². The largest absolute Gasteiger partial charge is 0.381 e. The fraction of sp³-hybridized carbons (Fsp3) is 0.417. The molecule has 0 atom stereocenters. The van der Waals surface area contributed by atoms with Gasteiger partial charge in [-0.25, -0.2) is 8.42 Å². The summed E-state index contributed by atoms with van der Waals surface area (Å²) in [5.41, 5.74) is 3.20. The standard InChI is InChI=1S/C24H26ClN3O4S/c1-33(30,31)12-2-9-27-19(14-17-13-18(25)3-4-21(17)27)16-28-22-5-8-26-15-20(22)24(23(28)29)6-10-32-11-7-24/h3-5,8,13-15H,2,6-7,9-12,16H2,1H3. The lowest BCUT2D eigenvalue weighted by Gasteiger charge is -2.32. The summed E-state index contributed by atoms with van der Waals surface area (Å²) in [6, 6.07) is 9.64. The molecule has 7 nitrogen and oxygen atoms in total. The monoisotopic (exact) mass is 487 g/mol. The Morgan fingerprint density at radius 3 is 2.73 bits per heavy atom. The van der Waals surface area contributed by atoms with Crippen LogP contribution in [0.5, 0.6) is 0 Å². The molecule has 0 aliphatic carbocycles. The number of hydrogen-bond donors (Lipinski definition) is 0. The minimum atomic E-state index is -3.06. The SMILES string of the molecule is CS(=O)(=O)CCCn1c(CN2C(=O)C3(CCOCC3)c3cnccc32)cc2cc(Cl)ccc21. The second-order valence-corrected chi connectivity index (χ2v) is 11.6. The number of rotatable bonds is 6. The van der Waals surface area contributed by atoms with Gasteiger partial charge >= 0.3 is 0 Å². The molecular formula is C24H26ClN3O4S. The summed E-state index contributed by atoms with van der Waals surface area (Å²) in [6.07, 6.45) is 6.58. The van der Waals surface area contributed by atoms with Crippen molar-refractivity contribution >= 4 is 43.9 Å². The molecule has 4 heterocycles. The molecule has 1 amide bonds. The van der Waals surface area contributed by atoms with Crippen LogP contribution in [-0.2, 0) is 37.9 Å². The number of fused-ring (bicyclic) bond motifs is 3. The van der Waals surface area contributed by atoms with Gasteiger partial charge in [0.05, 0.1) is 23.4 Å². The zero-order valence-corrected chi connectivity index (χ0v) is 20.0. The van der Waals surface area contributed by atoms with Crippen molar-refractivity contribution in [2.24, 2.45) is 0 Å². The number of carbonyl (C=O) groups excluding carboxylic acids is 1. The van der Waals surface area contributed by atoms with Gasteiger partial charge in [-0.1, -0.05) is 11.6 Å². The van der Waals surface area contributed by atoms with E-state index in [2.05, 4.69) is 9.55 Å². The zero-order chi connectivity index (χ0) is 23.2. The molecule has 1 aromatic carbocycles. The van der Waals surface area contributed by atoms with Gasteiger partial charge in [0.2, 0.25) is 5.91 Å². The summed E-state index contributed by atoms with van der Waals surface area (Å²) < 4.78 is 31.0. The molecule has 2 aliphatic rings. The number of halogens is 1. The number of nitrogens with zero attached hydrogens (tertiary/aromatic N) is 3. The summed E-state index contributed by atoms with van der Waals surface area (Å²) in [7, 11) is -3.06. The average molecular weight is 488 g/mol. The van der Waals surface area contributed by atoms with Crippen molar-refractivity contribution in [1.29, 1.82) is 0 Å². The minimum absolute atomic E-state index is 0.0831. The first-order valence-electron chi connectivity index (χ1n) is 11.1. The van der Waals surface area contributed by atoms with Crippen molar-refractivity contribution in [2.45, 2.75) is 37.8 Å². The van der Waals surface area contributed by atoms with E-state index in [-0.39, 0.29) is 11.7 Å². The number of anilines is 1. The Labute approximate surface area is 198 Å². The smallest absolute Gasteiger partial charge is 0.238 e. The van der Waals surface area contributed by atoms with Crippen LogP contribution in [-0.4, -0.2) is 49.1 Å². The number of pyridine rings is 1. The molecule has 0 N–H and O–H groups in total. The summed E-state index contributed by atoms with van der Waals surface area (Å²) >= 11 is 6.23. The maximum Gasteiger partial charge on any atom is 0.238 e. The average Bonchev–Trinajstić information content (AvgIpc) is 3.22. The third kappa shape index (κ3) is 4.05. The number of hydrogen-bond acceptors (Lipinski definition) is 5. The van der Waals surface area contributed by atoms with Crippen LogP contribution in [0.4, 0.5) is 5.69 Å². The summed E-state index contributed by atoms with van der Waals surface area (Å²) in [5, 5.41) is 1.61. The van der Waals surface area contributed by atoms with Crippen LogP contribution >= 0.6 is 11.6 Å². The molecule has 2 aliphatic heterocycles. The molecule has 0 radical (unpaired) electrons. The van der Waals surface area contributed by atoms with Gasteiger partial charge in [0, 0.05) is 65.6 Å². The van der Waals surface area contributed by atoms with Crippen LogP contribution in [0.3, 0.4) is 0 Å². The Morgan fingerprint density at radius 2 is 1.97 bits per heavy atom. The van der Waals surface area contributed by atoms with Crippen LogP contribution in [0.1, 0.15) is 30.5 Å². The van der Waals surface area contributed by atoms with Crippen molar-refractivity contribution in [3.63, 3.8) is 0 Å². The number of ether oxygens (including phenoxy) is 1. The van der Waals surface area contributed by atoms with Crippen LogP contribution in [0, 0.1) is 0 Å². The van der Waals surface area contributed by atoms with Crippen molar-refractivity contribution < 1.29 is 17.9 Å². The van der Waals surface area contributed by atoms with Gasteiger partial charge in [-0.3, -0.25) is 9.78 Å². The highest BCUT2D eigenvalue weighted by molar-refractivity contribution is 7.90. The van der Waals surface area contributed by atoms with Gasteiger partial charge in [-0.15, -0.1) is 0 Å². The first-order valence-corrected chi connectivity index (χ1v) is 13.5. The number of carbonyl (C=O) groups is 1. The molecular weight excluding hydrogens is 462 g/mol.